The second-order valence-electron chi connectivity index (χ2n) is 8.17. The van der Waals surface area contributed by atoms with Gasteiger partial charge in [0.05, 0.1) is 12.5 Å². The number of hydrogen-bond donors (Lipinski definition) is 2. The molecule has 2 aromatic carbocycles. The second-order valence-corrected chi connectivity index (χ2v) is 8.17. The third-order valence-electron chi connectivity index (χ3n) is 5.43. The highest BCUT2D eigenvalue weighted by atomic mass is 16.1. The fourth-order valence-corrected chi connectivity index (χ4v) is 3.81. The second kappa shape index (κ2) is 10.8. The van der Waals surface area contributed by atoms with Crippen LogP contribution in [0.2, 0.25) is 0 Å². The van der Waals surface area contributed by atoms with Gasteiger partial charge in [0, 0.05) is 33.7 Å². The number of nitrogens with two attached hydrogens (primary N) is 1. The van der Waals surface area contributed by atoms with E-state index in [0.29, 0.717) is 6.54 Å². The number of carbonyl (C=O) groups excluding carboxylic acids is 1. The maximum Gasteiger partial charge on any atom is 0.221 e. The van der Waals surface area contributed by atoms with E-state index < -0.39 is 0 Å². The number of hydrogen-bond acceptors (Lipinski definition) is 3. The molecule has 0 radical (unpaired) electrons. The lowest BCUT2D eigenvalue weighted by molar-refractivity contribution is -0.123. The van der Waals surface area contributed by atoms with Crippen LogP contribution in [0.25, 0.3) is 0 Å². The summed E-state index contributed by atoms with van der Waals surface area (Å²) in [5.74, 6) is 0.663. The van der Waals surface area contributed by atoms with Crippen LogP contribution in [0.3, 0.4) is 0 Å². The van der Waals surface area contributed by atoms with Gasteiger partial charge in [-0.15, -0.1) is 0 Å². The Bertz CT molecular complexity index is 850. The lowest BCUT2D eigenvalue weighted by Crippen LogP contribution is -2.40. The highest BCUT2D eigenvalue weighted by Crippen LogP contribution is 2.19. The Balaban J connectivity index is 1.59. The molecule has 0 bridgehead atoms. The predicted octanol–water partition coefficient (Wildman–Crippen LogP) is 2.59. The van der Waals surface area contributed by atoms with Crippen molar-refractivity contribution in [1.82, 2.24) is 15.1 Å². The molecule has 2 aromatic rings. The lowest BCUT2D eigenvalue weighted by Gasteiger charge is -2.31. The van der Waals surface area contributed by atoms with E-state index in [1.54, 1.807) is 0 Å². The molecule has 0 aliphatic carbocycles. The molecule has 6 nitrogen and oxygen atoms in total. The predicted molar refractivity (Wildman–Crippen MR) is 122 cm³/mol. The number of nitrogens with zero attached hydrogens (tertiary/aromatic N) is 3. The van der Waals surface area contributed by atoms with Crippen molar-refractivity contribution in [3.63, 3.8) is 0 Å². The van der Waals surface area contributed by atoms with E-state index in [1.165, 1.54) is 16.7 Å². The van der Waals surface area contributed by atoms with Gasteiger partial charge in [0.25, 0.3) is 0 Å². The SMILES string of the molecule is CN(C)C(=NCc1cccc(CN2CCCC(C(N)=O)C2)c1)NCc1ccccc1. The minimum absolute atomic E-state index is 0.0233. The fourth-order valence-electron chi connectivity index (χ4n) is 3.81. The molecule has 0 aromatic heterocycles. The fraction of sp³-hybridized carbons (Fsp3) is 0.417. The van der Waals surface area contributed by atoms with Crippen molar-refractivity contribution in [2.24, 2.45) is 16.6 Å². The van der Waals surface area contributed by atoms with Crippen molar-refractivity contribution < 1.29 is 4.79 Å². The highest BCUT2D eigenvalue weighted by Gasteiger charge is 2.23. The van der Waals surface area contributed by atoms with Gasteiger partial charge in [0.1, 0.15) is 0 Å². The van der Waals surface area contributed by atoms with Gasteiger partial charge in [0.15, 0.2) is 5.96 Å². The van der Waals surface area contributed by atoms with Crippen LogP contribution in [-0.4, -0.2) is 48.9 Å². The number of rotatable bonds is 7. The summed E-state index contributed by atoms with van der Waals surface area (Å²) in [4.78, 5) is 20.6. The van der Waals surface area contributed by atoms with Gasteiger partial charge < -0.3 is 16.0 Å². The smallest absolute Gasteiger partial charge is 0.221 e. The van der Waals surface area contributed by atoms with Crippen LogP contribution >= 0.6 is 0 Å². The molecule has 1 unspecified atom stereocenters. The van der Waals surface area contributed by atoms with E-state index in [1.807, 2.05) is 37.2 Å². The molecule has 0 saturated carbocycles. The third kappa shape index (κ3) is 6.59. The van der Waals surface area contributed by atoms with Gasteiger partial charge in [-0.3, -0.25) is 9.69 Å². The topological polar surface area (TPSA) is 74.0 Å². The van der Waals surface area contributed by atoms with Crippen LogP contribution in [0, 0.1) is 5.92 Å². The first-order chi connectivity index (χ1) is 14.5. The summed E-state index contributed by atoms with van der Waals surface area (Å²) in [6.07, 6.45) is 1.93. The van der Waals surface area contributed by atoms with Crippen molar-refractivity contribution in [3.05, 3.63) is 71.3 Å². The molecular formula is C24H33N5O. The quantitative estimate of drug-likeness (QED) is 0.547. The zero-order valence-corrected chi connectivity index (χ0v) is 18.1. The molecule has 1 heterocycles. The summed E-state index contributed by atoms with van der Waals surface area (Å²) in [5, 5.41) is 3.43. The number of carbonyl (C=O) groups is 1. The zero-order chi connectivity index (χ0) is 21.3. The summed E-state index contributed by atoms with van der Waals surface area (Å²) in [7, 11) is 4.00. The van der Waals surface area contributed by atoms with E-state index in [0.717, 1.165) is 45.0 Å². The Hall–Kier alpha value is -2.86. The number of amides is 1. The Morgan fingerprint density at radius 1 is 1.13 bits per heavy atom. The number of benzene rings is 2. The molecule has 160 valence electrons. The van der Waals surface area contributed by atoms with Crippen molar-refractivity contribution in [2.45, 2.75) is 32.5 Å². The van der Waals surface area contributed by atoms with Gasteiger partial charge in [-0.25, -0.2) is 4.99 Å². The number of likely N-dealkylation sites (tertiary alicyclic amines) is 1. The van der Waals surface area contributed by atoms with Gasteiger partial charge in [0.2, 0.25) is 5.91 Å². The standard InChI is InChI=1S/C24H33N5O/c1-28(2)24(26-15-19-8-4-3-5-9-19)27-16-20-10-6-11-21(14-20)17-29-13-7-12-22(18-29)23(25)30/h3-6,8-11,14,22H,7,12-13,15-18H2,1-2H3,(H2,25,30)(H,26,27). The third-order valence-corrected chi connectivity index (χ3v) is 5.43. The number of nitrogens with one attached hydrogen (secondary N) is 1. The first-order valence-electron chi connectivity index (χ1n) is 10.6. The average Bonchev–Trinajstić information content (AvgIpc) is 2.74. The number of piperidine rings is 1. The summed E-state index contributed by atoms with van der Waals surface area (Å²) < 4.78 is 0. The van der Waals surface area contributed by atoms with E-state index in [2.05, 4.69) is 46.6 Å². The average molecular weight is 408 g/mol. The van der Waals surface area contributed by atoms with E-state index in [4.69, 9.17) is 10.7 Å². The van der Waals surface area contributed by atoms with Gasteiger partial charge in [-0.05, 0) is 36.1 Å². The number of guanidine groups is 1. The van der Waals surface area contributed by atoms with Crippen molar-refractivity contribution >= 4 is 11.9 Å². The van der Waals surface area contributed by atoms with Crippen LogP contribution in [0.1, 0.15) is 29.5 Å². The lowest BCUT2D eigenvalue weighted by atomic mass is 9.97. The van der Waals surface area contributed by atoms with E-state index >= 15 is 0 Å². The van der Waals surface area contributed by atoms with Crippen molar-refractivity contribution in [1.29, 1.82) is 0 Å². The minimum atomic E-state index is -0.179. The Kier molecular flexibility index (Phi) is 7.85. The largest absolute Gasteiger partial charge is 0.369 e. The van der Waals surface area contributed by atoms with Gasteiger partial charge in [-0.2, -0.15) is 0 Å². The molecule has 1 aliphatic rings. The molecule has 0 spiro atoms. The van der Waals surface area contributed by atoms with Crippen LogP contribution in [0.15, 0.2) is 59.6 Å². The maximum atomic E-state index is 11.5. The van der Waals surface area contributed by atoms with Crippen LogP contribution in [-0.2, 0) is 24.4 Å². The number of primary amides is 1. The van der Waals surface area contributed by atoms with Crippen molar-refractivity contribution in [2.75, 3.05) is 27.2 Å². The summed E-state index contributed by atoms with van der Waals surface area (Å²) in [6.45, 7) is 3.97. The van der Waals surface area contributed by atoms with Crippen molar-refractivity contribution in [3.8, 4) is 0 Å². The summed E-state index contributed by atoms with van der Waals surface area (Å²) in [6, 6.07) is 18.9. The monoisotopic (exact) mass is 407 g/mol. The van der Waals surface area contributed by atoms with Crippen LogP contribution < -0.4 is 11.1 Å². The van der Waals surface area contributed by atoms with Crippen LogP contribution in [0.4, 0.5) is 0 Å². The summed E-state index contributed by atoms with van der Waals surface area (Å²) in [5.41, 5.74) is 9.16. The Morgan fingerprint density at radius 2 is 1.87 bits per heavy atom. The molecule has 3 rings (SSSR count). The summed E-state index contributed by atoms with van der Waals surface area (Å²) >= 11 is 0. The molecule has 1 atom stereocenters. The molecule has 1 saturated heterocycles. The Labute approximate surface area is 179 Å². The van der Waals surface area contributed by atoms with E-state index in [9.17, 15) is 4.79 Å². The molecule has 1 fully saturated rings. The van der Waals surface area contributed by atoms with Crippen LogP contribution in [0.5, 0.6) is 0 Å². The molecule has 1 amide bonds. The van der Waals surface area contributed by atoms with Gasteiger partial charge in [-0.1, -0.05) is 54.6 Å². The molecule has 30 heavy (non-hydrogen) atoms. The first kappa shape index (κ1) is 21.8. The Morgan fingerprint density at radius 3 is 2.60 bits per heavy atom. The van der Waals surface area contributed by atoms with Gasteiger partial charge >= 0.3 is 0 Å². The maximum absolute atomic E-state index is 11.5. The van der Waals surface area contributed by atoms with E-state index in [-0.39, 0.29) is 11.8 Å². The number of aliphatic imine (C=N–C) groups is 1. The molecule has 3 N–H and O–H groups in total. The highest BCUT2D eigenvalue weighted by molar-refractivity contribution is 5.79. The minimum Gasteiger partial charge on any atom is -0.369 e. The molecular weight excluding hydrogens is 374 g/mol. The normalized spacial score (nSPS) is 17.5. The molecule has 1 aliphatic heterocycles. The molecule has 6 heteroatoms. The first-order valence-corrected chi connectivity index (χ1v) is 10.6. The zero-order valence-electron chi connectivity index (χ0n) is 18.1.